The molecular weight excluding hydrogens is 158 g/mol. The summed E-state index contributed by atoms with van der Waals surface area (Å²) in [6, 6.07) is 0.590. The second kappa shape index (κ2) is 3.13. The van der Waals surface area contributed by atoms with Crippen LogP contribution in [0.25, 0.3) is 0 Å². The Morgan fingerprint density at radius 3 is 1.92 bits per heavy atom. The zero-order chi connectivity index (χ0) is 10.3. The van der Waals surface area contributed by atoms with Crippen LogP contribution in [0.5, 0.6) is 0 Å². The van der Waals surface area contributed by atoms with Gasteiger partial charge in [-0.3, -0.25) is 4.90 Å². The van der Waals surface area contributed by atoms with Gasteiger partial charge in [-0.1, -0.05) is 32.9 Å². The lowest BCUT2D eigenvalue weighted by Crippen LogP contribution is -2.49. The minimum Gasteiger partial charge on any atom is -0.288 e. The Bertz CT molecular complexity index is 202. The fourth-order valence-corrected chi connectivity index (χ4v) is 1.97. The number of rotatable bonds is 0. The number of nitrogens with zero attached hydrogens (tertiary/aromatic N) is 1. The average Bonchev–Trinajstić information content (AvgIpc) is 2.27. The number of hydrogen-bond acceptors (Lipinski definition) is 1. The highest BCUT2D eigenvalue weighted by Gasteiger charge is 2.36. The molecule has 0 N–H and O–H groups in total. The third-order valence-corrected chi connectivity index (χ3v) is 2.71. The van der Waals surface area contributed by atoms with Crippen molar-refractivity contribution in [3.05, 3.63) is 12.2 Å². The third-order valence-electron chi connectivity index (χ3n) is 2.71. The van der Waals surface area contributed by atoms with Crippen LogP contribution in [-0.4, -0.2) is 23.0 Å². The quantitative estimate of drug-likeness (QED) is 0.519. The Hall–Kier alpha value is -0.300. The molecule has 0 radical (unpaired) electrons. The second-order valence-corrected chi connectivity index (χ2v) is 6.06. The van der Waals surface area contributed by atoms with Gasteiger partial charge in [-0.2, -0.15) is 0 Å². The van der Waals surface area contributed by atoms with Gasteiger partial charge in [0, 0.05) is 18.1 Å². The van der Waals surface area contributed by atoms with Gasteiger partial charge in [0.1, 0.15) is 0 Å². The van der Waals surface area contributed by atoms with E-state index in [4.69, 9.17) is 0 Å². The van der Waals surface area contributed by atoms with E-state index in [2.05, 4.69) is 58.6 Å². The molecule has 1 heterocycles. The molecule has 1 aliphatic rings. The van der Waals surface area contributed by atoms with Gasteiger partial charge in [-0.15, -0.1) is 0 Å². The fraction of sp³-hybridized carbons (Fsp3) is 0.833. The summed E-state index contributed by atoms with van der Waals surface area (Å²) in [6.45, 7) is 14.9. The lowest BCUT2D eigenvalue weighted by molar-refractivity contribution is 0.0726. The maximum atomic E-state index is 2.56. The average molecular weight is 181 g/mol. The van der Waals surface area contributed by atoms with Crippen molar-refractivity contribution in [3.8, 4) is 0 Å². The minimum atomic E-state index is 0.279. The van der Waals surface area contributed by atoms with Crippen molar-refractivity contribution < 1.29 is 0 Å². The molecule has 1 atom stereocenters. The summed E-state index contributed by atoms with van der Waals surface area (Å²) < 4.78 is 0. The van der Waals surface area contributed by atoms with E-state index in [0.717, 1.165) is 6.54 Å². The fourth-order valence-electron chi connectivity index (χ4n) is 1.97. The van der Waals surface area contributed by atoms with E-state index >= 15 is 0 Å². The van der Waals surface area contributed by atoms with E-state index in [-0.39, 0.29) is 5.54 Å². The van der Waals surface area contributed by atoms with E-state index in [0.29, 0.717) is 11.5 Å². The van der Waals surface area contributed by atoms with E-state index in [1.807, 2.05) is 0 Å². The molecule has 1 heteroatoms. The van der Waals surface area contributed by atoms with Crippen molar-refractivity contribution >= 4 is 0 Å². The summed E-state index contributed by atoms with van der Waals surface area (Å²) >= 11 is 0. The van der Waals surface area contributed by atoms with E-state index < -0.39 is 0 Å². The van der Waals surface area contributed by atoms with Gasteiger partial charge < -0.3 is 0 Å². The molecule has 1 aliphatic heterocycles. The zero-order valence-electron chi connectivity index (χ0n) is 9.89. The van der Waals surface area contributed by atoms with Crippen LogP contribution in [0.15, 0.2) is 12.2 Å². The monoisotopic (exact) mass is 181 g/mol. The summed E-state index contributed by atoms with van der Waals surface area (Å²) in [4.78, 5) is 2.56. The molecular formula is C12H23N. The first kappa shape index (κ1) is 10.8. The molecule has 0 saturated carbocycles. The van der Waals surface area contributed by atoms with Crippen molar-refractivity contribution in [2.45, 2.75) is 53.1 Å². The summed E-state index contributed by atoms with van der Waals surface area (Å²) in [5.74, 6) is 0. The molecule has 0 amide bonds. The van der Waals surface area contributed by atoms with Crippen LogP contribution >= 0.6 is 0 Å². The number of hydrogen-bond donors (Lipinski definition) is 0. The maximum Gasteiger partial charge on any atom is 0.0335 e. The smallest absolute Gasteiger partial charge is 0.0335 e. The molecule has 0 aliphatic carbocycles. The van der Waals surface area contributed by atoms with Crippen molar-refractivity contribution in [2.75, 3.05) is 6.54 Å². The van der Waals surface area contributed by atoms with Gasteiger partial charge in [-0.25, -0.2) is 0 Å². The molecule has 76 valence electrons. The second-order valence-electron chi connectivity index (χ2n) is 6.06. The predicted octanol–water partition coefficient (Wildman–Crippen LogP) is 3.07. The van der Waals surface area contributed by atoms with Gasteiger partial charge in [0.25, 0.3) is 0 Å². The third kappa shape index (κ3) is 2.34. The van der Waals surface area contributed by atoms with Gasteiger partial charge in [0.05, 0.1) is 0 Å². The van der Waals surface area contributed by atoms with Gasteiger partial charge in [0.15, 0.2) is 0 Å². The van der Waals surface area contributed by atoms with Crippen molar-refractivity contribution in [1.29, 1.82) is 0 Å². The molecule has 0 fully saturated rings. The Balaban J connectivity index is 2.81. The molecule has 1 unspecified atom stereocenters. The lowest BCUT2D eigenvalue weighted by atomic mass is 9.85. The topological polar surface area (TPSA) is 3.24 Å². The largest absolute Gasteiger partial charge is 0.288 e. The van der Waals surface area contributed by atoms with Crippen LogP contribution in [-0.2, 0) is 0 Å². The first-order chi connectivity index (χ1) is 5.73. The molecule has 0 aromatic rings. The summed E-state index contributed by atoms with van der Waals surface area (Å²) in [5, 5.41) is 0. The minimum absolute atomic E-state index is 0.279. The molecule has 1 rings (SSSR count). The van der Waals surface area contributed by atoms with Crippen LogP contribution in [0, 0.1) is 5.41 Å². The van der Waals surface area contributed by atoms with Crippen LogP contribution in [0.4, 0.5) is 0 Å². The standard InChI is InChI=1S/C12H23N/c1-11(2,3)10-8-7-9-13(10)12(4,5)6/h7-8,10H,9H2,1-6H3. The Morgan fingerprint density at radius 2 is 1.62 bits per heavy atom. The normalized spacial score (nSPS) is 25.5. The summed E-state index contributed by atoms with van der Waals surface area (Å²) in [6.07, 6.45) is 4.65. The Kier molecular flexibility index (Phi) is 2.59. The van der Waals surface area contributed by atoms with Crippen molar-refractivity contribution in [1.82, 2.24) is 4.90 Å². The molecule has 0 bridgehead atoms. The van der Waals surface area contributed by atoms with Gasteiger partial charge >= 0.3 is 0 Å². The van der Waals surface area contributed by atoms with Crippen LogP contribution in [0.3, 0.4) is 0 Å². The Morgan fingerprint density at radius 1 is 1.08 bits per heavy atom. The van der Waals surface area contributed by atoms with E-state index in [9.17, 15) is 0 Å². The van der Waals surface area contributed by atoms with Crippen molar-refractivity contribution in [2.24, 2.45) is 5.41 Å². The SMILES string of the molecule is CC(C)(C)C1C=CCN1C(C)(C)C. The van der Waals surface area contributed by atoms with Crippen LogP contribution < -0.4 is 0 Å². The van der Waals surface area contributed by atoms with Crippen molar-refractivity contribution in [3.63, 3.8) is 0 Å². The summed E-state index contributed by atoms with van der Waals surface area (Å²) in [5.41, 5.74) is 0.627. The first-order valence-electron chi connectivity index (χ1n) is 5.16. The molecule has 0 aromatic carbocycles. The highest BCUT2D eigenvalue weighted by molar-refractivity contribution is 5.10. The molecule has 0 saturated heterocycles. The zero-order valence-corrected chi connectivity index (χ0v) is 9.89. The lowest BCUT2D eigenvalue weighted by Gasteiger charge is -2.42. The highest BCUT2D eigenvalue weighted by Crippen LogP contribution is 2.33. The summed E-state index contributed by atoms with van der Waals surface area (Å²) in [7, 11) is 0. The van der Waals surface area contributed by atoms with Crippen LogP contribution in [0.2, 0.25) is 0 Å². The molecule has 1 nitrogen and oxygen atoms in total. The van der Waals surface area contributed by atoms with E-state index in [1.54, 1.807) is 0 Å². The van der Waals surface area contributed by atoms with Crippen LogP contribution in [0.1, 0.15) is 41.5 Å². The molecule has 0 aromatic heterocycles. The first-order valence-corrected chi connectivity index (χ1v) is 5.16. The molecule has 13 heavy (non-hydrogen) atoms. The van der Waals surface area contributed by atoms with Gasteiger partial charge in [-0.05, 0) is 26.2 Å². The molecule has 0 spiro atoms. The Labute approximate surface area is 82.8 Å². The highest BCUT2D eigenvalue weighted by atomic mass is 15.2. The van der Waals surface area contributed by atoms with Gasteiger partial charge in [0.2, 0.25) is 0 Å². The van der Waals surface area contributed by atoms with E-state index in [1.165, 1.54) is 0 Å². The predicted molar refractivity (Wildman–Crippen MR) is 58.8 cm³/mol. The maximum absolute atomic E-state index is 2.56.